The van der Waals surface area contributed by atoms with Gasteiger partial charge in [0.05, 0.1) is 29.0 Å². The lowest BCUT2D eigenvalue weighted by Gasteiger charge is -2.03. The number of carbonyl (C=O) groups is 1. The van der Waals surface area contributed by atoms with Crippen molar-refractivity contribution in [2.45, 2.75) is 6.92 Å². The third-order valence-corrected chi connectivity index (χ3v) is 3.66. The van der Waals surface area contributed by atoms with Crippen LogP contribution in [0, 0.1) is 10.1 Å². The van der Waals surface area contributed by atoms with E-state index in [0.717, 1.165) is 0 Å². The number of ether oxygens (including phenoxy) is 1. The highest BCUT2D eigenvalue weighted by atomic mass is 16.6. The second kappa shape index (κ2) is 7.06. The Morgan fingerprint density at radius 2 is 1.81 bits per heavy atom. The molecular formula is C18H14N2O6. The van der Waals surface area contributed by atoms with Gasteiger partial charge >= 0.3 is 11.7 Å². The highest BCUT2D eigenvalue weighted by molar-refractivity contribution is 5.89. The smallest absolute Gasteiger partial charge is 0.424 e. The minimum Gasteiger partial charge on any atom is -0.462 e. The molecular weight excluding hydrogens is 340 g/mol. The summed E-state index contributed by atoms with van der Waals surface area (Å²) in [5.41, 5.74) is 1.38. The summed E-state index contributed by atoms with van der Waals surface area (Å²) < 4.78 is 11.4. The molecule has 0 aliphatic heterocycles. The Bertz CT molecular complexity index is 999. The number of hydrogen-bond donors (Lipinski definition) is 0. The highest BCUT2D eigenvalue weighted by Gasteiger charge is 2.13. The monoisotopic (exact) mass is 354 g/mol. The van der Waals surface area contributed by atoms with E-state index in [1.54, 1.807) is 31.2 Å². The highest BCUT2D eigenvalue weighted by Crippen LogP contribution is 2.22. The number of nitro benzene ring substituents is 1. The zero-order chi connectivity index (χ0) is 18.7. The molecule has 26 heavy (non-hydrogen) atoms. The number of carbonyl (C=O) groups excluding carboxylic acids is 1. The van der Waals surface area contributed by atoms with Crippen molar-refractivity contribution < 1.29 is 18.9 Å². The van der Waals surface area contributed by atoms with E-state index in [1.165, 1.54) is 35.0 Å². The summed E-state index contributed by atoms with van der Waals surface area (Å²) in [6.07, 6.45) is 1.49. The van der Waals surface area contributed by atoms with E-state index in [0.29, 0.717) is 16.8 Å². The third kappa shape index (κ3) is 3.39. The van der Waals surface area contributed by atoms with Gasteiger partial charge in [-0.1, -0.05) is 0 Å². The molecule has 132 valence electrons. The second-order valence-electron chi connectivity index (χ2n) is 5.30. The van der Waals surface area contributed by atoms with E-state index in [-0.39, 0.29) is 18.1 Å². The predicted octanol–water partition coefficient (Wildman–Crippen LogP) is 3.18. The van der Waals surface area contributed by atoms with Crippen molar-refractivity contribution in [1.82, 2.24) is 4.57 Å². The van der Waals surface area contributed by atoms with Gasteiger partial charge < -0.3 is 9.15 Å². The van der Waals surface area contributed by atoms with Crippen LogP contribution in [0.2, 0.25) is 0 Å². The first-order chi connectivity index (χ1) is 12.5. The first kappa shape index (κ1) is 17.2. The zero-order valence-corrected chi connectivity index (χ0v) is 13.7. The largest absolute Gasteiger partial charge is 0.462 e. The molecule has 3 rings (SSSR count). The number of nitrogens with zero attached hydrogens (tertiary/aromatic N) is 2. The molecule has 8 heteroatoms. The summed E-state index contributed by atoms with van der Waals surface area (Å²) >= 11 is 0. The van der Waals surface area contributed by atoms with Gasteiger partial charge in [0.1, 0.15) is 0 Å². The maximum atomic E-state index is 12.1. The number of nitro groups is 1. The van der Waals surface area contributed by atoms with Gasteiger partial charge in [0.2, 0.25) is 0 Å². The molecule has 0 saturated heterocycles. The Kier molecular flexibility index (Phi) is 4.66. The Morgan fingerprint density at radius 3 is 2.38 bits per heavy atom. The number of oxazole rings is 1. The maximum Gasteiger partial charge on any atom is 0.424 e. The minimum atomic E-state index is -0.609. The van der Waals surface area contributed by atoms with E-state index in [1.807, 2.05) is 0 Å². The Hall–Kier alpha value is -3.68. The van der Waals surface area contributed by atoms with E-state index in [9.17, 15) is 19.7 Å². The third-order valence-electron chi connectivity index (χ3n) is 3.66. The molecule has 0 aliphatic rings. The van der Waals surface area contributed by atoms with E-state index >= 15 is 0 Å². The van der Waals surface area contributed by atoms with E-state index in [4.69, 9.17) is 9.15 Å². The molecule has 0 N–H and O–H groups in total. The molecule has 0 aliphatic carbocycles. The van der Waals surface area contributed by atoms with E-state index in [2.05, 4.69) is 0 Å². The molecule has 0 spiro atoms. The van der Waals surface area contributed by atoms with Gasteiger partial charge in [-0.15, -0.1) is 0 Å². The number of hydrogen-bond acceptors (Lipinski definition) is 6. The summed E-state index contributed by atoms with van der Waals surface area (Å²) in [5.74, 6) is -0.772. The quantitative estimate of drug-likeness (QED) is 0.396. The average molecular weight is 354 g/mol. The SMILES string of the molecule is CCOC(=O)c1ccc(-n2cc(-c3ccc([N+](=O)[O-])cc3)oc2=O)cc1. The molecule has 0 atom stereocenters. The minimum absolute atomic E-state index is 0.0508. The van der Waals surface area contributed by atoms with Crippen LogP contribution >= 0.6 is 0 Å². The number of benzene rings is 2. The van der Waals surface area contributed by atoms with Gasteiger partial charge in [0.25, 0.3) is 5.69 Å². The van der Waals surface area contributed by atoms with Crippen LogP contribution in [0.25, 0.3) is 17.0 Å². The van der Waals surface area contributed by atoms with Crippen molar-refractivity contribution in [1.29, 1.82) is 0 Å². The Balaban J connectivity index is 1.89. The molecule has 1 aromatic heterocycles. The van der Waals surface area contributed by atoms with Gasteiger partial charge in [-0.05, 0) is 43.3 Å². The predicted molar refractivity (Wildman–Crippen MR) is 92.4 cm³/mol. The van der Waals surface area contributed by atoms with Gasteiger partial charge in [-0.25, -0.2) is 14.2 Å². The first-order valence-electron chi connectivity index (χ1n) is 7.74. The molecule has 8 nitrogen and oxygen atoms in total. The molecule has 0 radical (unpaired) electrons. The van der Waals surface area contributed by atoms with Crippen molar-refractivity contribution >= 4 is 11.7 Å². The summed E-state index contributed by atoms with van der Waals surface area (Å²) in [5, 5.41) is 10.7. The van der Waals surface area contributed by atoms with Crippen LogP contribution in [-0.4, -0.2) is 22.1 Å². The lowest BCUT2D eigenvalue weighted by Crippen LogP contribution is -2.11. The van der Waals surface area contributed by atoms with E-state index < -0.39 is 16.6 Å². The lowest BCUT2D eigenvalue weighted by atomic mass is 10.1. The van der Waals surface area contributed by atoms with Gasteiger partial charge in [-0.2, -0.15) is 0 Å². The molecule has 0 fully saturated rings. The normalized spacial score (nSPS) is 10.5. The average Bonchev–Trinajstić information content (AvgIpc) is 3.04. The summed E-state index contributed by atoms with van der Waals surface area (Å²) in [6, 6.07) is 12.0. The molecule has 0 bridgehead atoms. The van der Waals surface area contributed by atoms with Gasteiger partial charge in [0.15, 0.2) is 5.76 Å². The summed E-state index contributed by atoms with van der Waals surface area (Å²) in [7, 11) is 0. The summed E-state index contributed by atoms with van der Waals surface area (Å²) in [6.45, 7) is 2.00. The zero-order valence-electron chi connectivity index (χ0n) is 13.7. The topological polar surface area (TPSA) is 105 Å². The summed E-state index contributed by atoms with van der Waals surface area (Å²) in [4.78, 5) is 34.0. The molecule has 0 unspecified atom stereocenters. The molecule has 0 amide bonds. The first-order valence-corrected chi connectivity index (χ1v) is 7.74. The fourth-order valence-corrected chi connectivity index (χ4v) is 2.37. The molecule has 2 aromatic carbocycles. The number of rotatable bonds is 5. The van der Waals surface area contributed by atoms with Crippen molar-refractivity contribution in [3.8, 4) is 17.0 Å². The second-order valence-corrected chi connectivity index (χ2v) is 5.30. The van der Waals surface area contributed by atoms with Crippen molar-refractivity contribution in [3.63, 3.8) is 0 Å². The van der Waals surface area contributed by atoms with Crippen LogP contribution in [0.3, 0.4) is 0 Å². The fourth-order valence-electron chi connectivity index (χ4n) is 2.37. The fraction of sp³-hybridized carbons (Fsp3) is 0.111. The molecule has 1 heterocycles. The van der Waals surface area contributed by atoms with Gasteiger partial charge in [0, 0.05) is 17.7 Å². The Morgan fingerprint density at radius 1 is 1.15 bits per heavy atom. The van der Waals surface area contributed by atoms with Crippen LogP contribution in [0.4, 0.5) is 5.69 Å². The van der Waals surface area contributed by atoms with Crippen LogP contribution in [0.15, 0.2) is 63.9 Å². The standard InChI is InChI=1S/C18H14N2O6/c1-2-25-17(21)13-5-7-14(8-6-13)19-11-16(26-18(19)22)12-3-9-15(10-4-12)20(23)24/h3-11H,2H2,1H3. The van der Waals surface area contributed by atoms with Crippen molar-refractivity contribution in [2.24, 2.45) is 0 Å². The van der Waals surface area contributed by atoms with Gasteiger partial charge in [-0.3, -0.25) is 10.1 Å². The van der Waals surface area contributed by atoms with Crippen LogP contribution in [0.1, 0.15) is 17.3 Å². The van der Waals surface area contributed by atoms with Crippen molar-refractivity contribution in [2.75, 3.05) is 6.61 Å². The molecule has 3 aromatic rings. The van der Waals surface area contributed by atoms with Crippen molar-refractivity contribution in [3.05, 3.63) is 81.0 Å². The molecule has 0 saturated carbocycles. The number of esters is 1. The maximum absolute atomic E-state index is 12.1. The number of non-ortho nitro benzene ring substituents is 1. The number of aromatic nitrogens is 1. The van der Waals surface area contributed by atoms with Crippen LogP contribution < -0.4 is 5.76 Å². The lowest BCUT2D eigenvalue weighted by molar-refractivity contribution is -0.384. The Labute approximate surface area is 147 Å². The van der Waals surface area contributed by atoms with Crippen LogP contribution in [0.5, 0.6) is 0 Å². The van der Waals surface area contributed by atoms with Crippen LogP contribution in [-0.2, 0) is 4.74 Å².